The summed E-state index contributed by atoms with van der Waals surface area (Å²) in [6, 6.07) is 3.39. The van der Waals surface area contributed by atoms with Crippen molar-refractivity contribution in [2.75, 3.05) is 6.54 Å². The Morgan fingerprint density at radius 3 is 2.50 bits per heavy atom. The van der Waals surface area contributed by atoms with Crippen molar-refractivity contribution in [3.8, 4) is 0 Å². The normalized spacial score (nSPS) is 17.8. The maximum Gasteiger partial charge on any atom is 0.335 e. The second-order valence-corrected chi connectivity index (χ2v) is 5.78. The van der Waals surface area contributed by atoms with Crippen LogP contribution in [0.3, 0.4) is 0 Å². The second kappa shape index (κ2) is 6.13. The van der Waals surface area contributed by atoms with E-state index in [0.717, 1.165) is 25.0 Å². The van der Waals surface area contributed by atoms with E-state index in [1.165, 1.54) is 6.07 Å². The summed E-state index contributed by atoms with van der Waals surface area (Å²) in [5.74, 6) is -1.36. The van der Waals surface area contributed by atoms with Crippen LogP contribution >= 0.6 is 0 Å². The van der Waals surface area contributed by atoms with Gasteiger partial charge in [-0.1, -0.05) is 13.8 Å². The van der Waals surface area contributed by atoms with E-state index in [0.29, 0.717) is 6.54 Å². The van der Waals surface area contributed by atoms with Gasteiger partial charge in [-0.2, -0.15) is 0 Å². The van der Waals surface area contributed by atoms with E-state index in [1.54, 1.807) is 4.90 Å². The summed E-state index contributed by atoms with van der Waals surface area (Å²) >= 11 is 0. The number of hydrogen-bond donors (Lipinski definition) is 1. The van der Waals surface area contributed by atoms with Crippen LogP contribution < -0.4 is 0 Å². The van der Waals surface area contributed by atoms with Crippen LogP contribution in [0.25, 0.3) is 0 Å². The number of carbonyl (C=O) groups is 2. The third-order valence-corrected chi connectivity index (χ3v) is 3.95. The molecule has 118 valence electrons. The first-order chi connectivity index (χ1) is 10.3. The number of hydrogen-bond acceptors (Lipinski definition) is 4. The molecule has 7 heteroatoms. The van der Waals surface area contributed by atoms with Crippen LogP contribution in [0.1, 0.15) is 47.4 Å². The highest BCUT2D eigenvalue weighted by Crippen LogP contribution is 2.27. The minimum absolute atomic E-state index is 0.0548. The fourth-order valence-electron chi connectivity index (χ4n) is 2.87. The van der Waals surface area contributed by atoms with Gasteiger partial charge in [-0.3, -0.25) is 14.9 Å². The van der Waals surface area contributed by atoms with Gasteiger partial charge in [-0.15, -0.1) is 0 Å². The number of rotatable bonds is 4. The maximum absolute atomic E-state index is 12.6. The summed E-state index contributed by atoms with van der Waals surface area (Å²) in [4.78, 5) is 35.7. The minimum Gasteiger partial charge on any atom is -0.478 e. The number of non-ortho nitro benzene ring substituents is 1. The number of carboxylic acid groups (broad SMARTS) is 1. The van der Waals surface area contributed by atoms with Gasteiger partial charge in [0.05, 0.1) is 10.5 Å². The largest absolute Gasteiger partial charge is 0.478 e. The highest BCUT2D eigenvalue weighted by molar-refractivity contribution is 5.98. The fourth-order valence-corrected chi connectivity index (χ4v) is 2.87. The van der Waals surface area contributed by atoms with Gasteiger partial charge in [0.2, 0.25) is 0 Å². The predicted octanol–water partition coefficient (Wildman–Crippen LogP) is 2.55. The zero-order chi connectivity index (χ0) is 16.4. The topological polar surface area (TPSA) is 101 Å². The van der Waals surface area contributed by atoms with E-state index in [2.05, 4.69) is 0 Å². The van der Waals surface area contributed by atoms with E-state index in [-0.39, 0.29) is 34.7 Å². The molecule has 0 saturated carbocycles. The second-order valence-electron chi connectivity index (χ2n) is 5.78. The zero-order valence-corrected chi connectivity index (χ0v) is 12.5. The quantitative estimate of drug-likeness (QED) is 0.680. The Kier molecular flexibility index (Phi) is 4.44. The van der Waals surface area contributed by atoms with Crippen LogP contribution in [-0.2, 0) is 0 Å². The van der Waals surface area contributed by atoms with E-state index in [1.807, 2.05) is 13.8 Å². The lowest BCUT2D eigenvalue weighted by Crippen LogP contribution is -2.38. The first-order valence-corrected chi connectivity index (χ1v) is 7.15. The molecule has 1 atom stereocenters. The number of amides is 1. The molecule has 0 radical (unpaired) electrons. The molecule has 0 aliphatic carbocycles. The molecule has 1 N–H and O–H groups in total. The van der Waals surface area contributed by atoms with Crippen LogP contribution in [0.4, 0.5) is 5.69 Å². The van der Waals surface area contributed by atoms with Gasteiger partial charge < -0.3 is 10.0 Å². The minimum atomic E-state index is -1.29. The number of carboxylic acids is 1. The molecule has 1 saturated heterocycles. The Morgan fingerprint density at radius 1 is 1.32 bits per heavy atom. The zero-order valence-electron chi connectivity index (χ0n) is 12.5. The number of likely N-dealkylation sites (tertiary alicyclic amines) is 1. The highest BCUT2D eigenvalue weighted by Gasteiger charge is 2.32. The number of benzene rings is 1. The first-order valence-electron chi connectivity index (χ1n) is 7.15. The third-order valence-electron chi connectivity index (χ3n) is 3.95. The van der Waals surface area contributed by atoms with Crippen molar-refractivity contribution in [3.05, 3.63) is 39.4 Å². The molecular weight excluding hydrogens is 288 g/mol. The number of nitro benzene ring substituents is 1. The molecule has 0 bridgehead atoms. The molecule has 7 nitrogen and oxygen atoms in total. The van der Waals surface area contributed by atoms with E-state index in [9.17, 15) is 19.7 Å². The van der Waals surface area contributed by atoms with Crippen molar-refractivity contribution in [2.24, 2.45) is 5.92 Å². The van der Waals surface area contributed by atoms with Gasteiger partial charge in [-0.05, 0) is 24.8 Å². The van der Waals surface area contributed by atoms with E-state index >= 15 is 0 Å². The van der Waals surface area contributed by atoms with Crippen LogP contribution in [0.2, 0.25) is 0 Å². The molecule has 0 spiro atoms. The molecule has 1 heterocycles. The van der Waals surface area contributed by atoms with Crippen molar-refractivity contribution < 1.29 is 19.6 Å². The van der Waals surface area contributed by atoms with Crippen LogP contribution in [0.5, 0.6) is 0 Å². The summed E-state index contributed by atoms with van der Waals surface area (Å²) in [5.41, 5.74) is -0.583. The fraction of sp³-hybridized carbons (Fsp3) is 0.467. The Morgan fingerprint density at radius 2 is 1.95 bits per heavy atom. The SMILES string of the molecule is CC(C)C1CCCN1C(=O)c1cc(C(=O)O)cc([N+](=O)[O-])c1. The van der Waals surface area contributed by atoms with Crippen molar-refractivity contribution >= 4 is 17.6 Å². The number of aromatic carboxylic acids is 1. The molecule has 1 unspecified atom stereocenters. The lowest BCUT2D eigenvalue weighted by Gasteiger charge is -2.27. The summed E-state index contributed by atoms with van der Waals surface area (Å²) in [6.07, 6.45) is 1.78. The average Bonchev–Trinajstić information content (AvgIpc) is 2.95. The highest BCUT2D eigenvalue weighted by atomic mass is 16.6. The van der Waals surface area contributed by atoms with Crippen LogP contribution in [-0.4, -0.2) is 39.4 Å². The van der Waals surface area contributed by atoms with Crippen molar-refractivity contribution in [1.82, 2.24) is 4.90 Å². The van der Waals surface area contributed by atoms with Gasteiger partial charge in [0.25, 0.3) is 11.6 Å². The molecule has 1 aromatic carbocycles. The molecular formula is C15H18N2O5. The summed E-state index contributed by atoms with van der Waals surface area (Å²) in [7, 11) is 0. The van der Waals surface area contributed by atoms with Gasteiger partial charge in [-0.25, -0.2) is 4.79 Å². The van der Waals surface area contributed by atoms with E-state index in [4.69, 9.17) is 5.11 Å². The first kappa shape index (κ1) is 15.9. The molecule has 1 aliphatic heterocycles. The standard InChI is InChI=1S/C15H18N2O5/c1-9(2)13-4-3-5-16(13)14(18)10-6-11(15(19)20)8-12(7-10)17(21)22/h6-9,13H,3-5H2,1-2H3,(H,19,20). The number of nitrogens with zero attached hydrogens (tertiary/aromatic N) is 2. The summed E-state index contributed by atoms with van der Waals surface area (Å²) in [5, 5.41) is 20.0. The number of carbonyl (C=O) groups excluding carboxylic acids is 1. The molecule has 1 aromatic rings. The monoisotopic (exact) mass is 306 g/mol. The lowest BCUT2D eigenvalue weighted by molar-refractivity contribution is -0.384. The molecule has 0 aromatic heterocycles. The van der Waals surface area contributed by atoms with Crippen LogP contribution in [0.15, 0.2) is 18.2 Å². The van der Waals surface area contributed by atoms with Crippen LogP contribution in [0, 0.1) is 16.0 Å². The van der Waals surface area contributed by atoms with Gasteiger partial charge in [0.15, 0.2) is 0 Å². The third kappa shape index (κ3) is 3.08. The molecule has 1 fully saturated rings. The predicted molar refractivity (Wildman–Crippen MR) is 79.0 cm³/mol. The lowest BCUT2D eigenvalue weighted by atomic mass is 10.0. The molecule has 1 amide bonds. The molecule has 22 heavy (non-hydrogen) atoms. The van der Waals surface area contributed by atoms with Gasteiger partial charge in [0.1, 0.15) is 0 Å². The van der Waals surface area contributed by atoms with E-state index < -0.39 is 10.9 Å². The maximum atomic E-state index is 12.6. The Labute approximate surface area is 127 Å². The van der Waals surface area contributed by atoms with Crippen molar-refractivity contribution in [3.63, 3.8) is 0 Å². The van der Waals surface area contributed by atoms with Crippen molar-refractivity contribution in [2.45, 2.75) is 32.7 Å². The molecule has 1 aliphatic rings. The molecule has 2 rings (SSSR count). The smallest absolute Gasteiger partial charge is 0.335 e. The Hall–Kier alpha value is -2.44. The Balaban J connectivity index is 2.40. The van der Waals surface area contributed by atoms with Gasteiger partial charge >= 0.3 is 5.97 Å². The summed E-state index contributed by atoms with van der Waals surface area (Å²) < 4.78 is 0. The van der Waals surface area contributed by atoms with Crippen molar-refractivity contribution in [1.29, 1.82) is 0 Å². The van der Waals surface area contributed by atoms with Gasteiger partial charge in [0, 0.05) is 30.3 Å². The average molecular weight is 306 g/mol. The Bertz CT molecular complexity index is 594. The summed E-state index contributed by atoms with van der Waals surface area (Å²) in [6.45, 7) is 4.63. The number of nitro groups is 1.